The van der Waals surface area contributed by atoms with Gasteiger partial charge in [0.2, 0.25) is 0 Å². The van der Waals surface area contributed by atoms with Crippen molar-refractivity contribution in [2.45, 2.75) is 6.54 Å². The highest BCUT2D eigenvalue weighted by molar-refractivity contribution is 5.94. The Morgan fingerprint density at radius 1 is 1.17 bits per heavy atom. The first kappa shape index (κ1) is 15.0. The van der Waals surface area contributed by atoms with Gasteiger partial charge in [0.05, 0.1) is 6.33 Å². The molecule has 0 aliphatic carbocycles. The number of imidazole rings is 1. The van der Waals surface area contributed by atoms with Gasteiger partial charge in [-0.3, -0.25) is 4.79 Å². The van der Waals surface area contributed by atoms with Crippen LogP contribution in [0.25, 0.3) is 5.69 Å². The highest BCUT2D eigenvalue weighted by Gasteiger charge is 2.13. The van der Waals surface area contributed by atoms with Crippen molar-refractivity contribution < 1.29 is 9.18 Å². The van der Waals surface area contributed by atoms with Gasteiger partial charge in [0, 0.05) is 42.8 Å². The SMILES string of the molecule is CN(Cc1ccccc1F)C(=O)c1ccc(-n2ccnc2)cc1. The summed E-state index contributed by atoms with van der Waals surface area (Å²) in [6, 6.07) is 13.7. The summed E-state index contributed by atoms with van der Waals surface area (Å²) in [4.78, 5) is 17.9. The Labute approximate surface area is 133 Å². The van der Waals surface area contributed by atoms with Crippen molar-refractivity contribution in [3.63, 3.8) is 0 Å². The molecule has 4 nitrogen and oxygen atoms in total. The molecular weight excluding hydrogens is 293 g/mol. The van der Waals surface area contributed by atoms with E-state index in [0.717, 1.165) is 5.69 Å². The number of halogens is 1. The molecular formula is C18H16FN3O. The number of aromatic nitrogens is 2. The lowest BCUT2D eigenvalue weighted by Crippen LogP contribution is -2.26. The van der Waals surface area contributed by atoms with Crippen LogP contribution in [0.2, 0.25) is 0 Å². The van der Waals surface area contributed by atoms with E-state index in [1.165, 1.54) is 11.0 Å². The van der Waals surface area contributed by atoms with Crippen LogP contribution in [0, 0.1) is 5.82 Å². The first-order valence-corrected chi connectivity index (χ1v) is 7.22. The van der Waals surface area contributed by atoms with Gasteiger partial charge < -0.3 is 9.47 Å². The Kier molecular flexibility index (Phi) is 4.19. The summed E-state index contributed by atoms with van der Waals surface area (Å²) in [5.41, 5.74) is 1.99. The topological polar surface area (TPSA) is 38.1 Å². The van der Waals surface area contributed by atoms with Gasteiger partial charge in [0.25, 0.3) is 5.91 Å². The third-order valence-corrected chi connectivity index (χ3v) is 3.63. The van der Waals surface area contributed by atoms with E-state index in [4.69, 9.17) is 0 Å². The number of rotatable bonds is 4. The van der Waals surface area contributed by atoms with Gasteiger partial charge in [-0.05, 0) is 30.3 Å². The zero-order valence-corrected chi connectivity index (χ0v) is 12.7. The van der Waals surface area contributed by atoms with E-state index >= 15 is 0 Å². The van der Waals surface area contributed by atoms with Crippen LogP contribution in [0.1, 0.15) is 15.9 Å². The van der Waals surface area contributed by atoms with Gasteiger partial charge >= 0.3 is 0 Å². The molecule has 1 heterocycles. The molecule has 0 radical (unpaired) electrons. The van der Waals surface area contributed by atoms with Crippen LogP contribution in [0.3, 0.4) is 0 Å². The molecule has 0 bridgehead atoms. The summed E-state index contributed by atoms with van der Waals surface area (Å²) in [6.45, 7) is 0.231. The zero-order chi connectivity index (χ0) is 16.2. The number of carbonyl (C=O) groups is 1. The Morgan fingerprint density at radius 2 is 1.91 bits per heavy atom. The minimum atomic E-state index is -0.303. The van der Waals surface area contributed by atoms with Crippen LogP contribution in [-0.4, -0.2) is 27.4 Å². The molecule has 2 aromatic carbocycles. The van der Waals surface area contributed by atoms with E-state index in [1.807, 2.05) is 22.9 Å². The van der Waals surface area contributed by atoms with Crippen molar-refractivity contribution in [1.29, 1.82) is 0 Å². The zero-order valence-electron chi connectivity index (χ0n) is 12.7. The Balaban J connectivity index is 1.73. The number of benzene rings is 2. The van der Waals surface area contributed by atoms with Gasteiger partial charge in [-0.1, -0.05) is 18.2 Å². The molecule has 0 spiro atoms. The number of carbonyl (C=O) groups excluding carboxylic acids is 1. The molecule has 3 aromatic rings. The Hall–Kier alpha value is -2.95. The summed E-state index contributed by atoms with van der Waals surface area (Å²) in [5, 5.41) is 0. The maximum atomic E-state index is 13.7. The van der Waals surface area contributed by atoms with E-state index < -0.39 is 0 Å². The first-order valence-electron chi connectivity index (χ1n) is 7.22. The van der Waals surface area contributed by atoms with Crippen LogP contribution in [0.4, 0.5) is 4.39 Å². The third-order valence-electron chi connectivity index (χ3n) is 3.63. The van der Waals surface area contributed by atoms with E-state index in [0.29, 0.717) is 11.1 Å². The summed E-state index contributed by atoms with van der Waals surface area (Å²) < 4.78 is 15.5. The lowest BCUT2D eigenvalue weighted by atomic mass is 10.1. The fourth-order valence-electron chi connectivity index (χ4n) is 2.36. The molecule has 5 heteroatoms. The van der Waals surface area contributed by atoms with Crippen LogP contribution in [-0.2, 0) is 6.54 Å². The quantitative estimate of drug-likeness (QED) is 0.742. The molecule has 1 aromatic heterocycles. The van der Waals surface area contributed by atoms with Gasteiger partial charge in [0.1, 0.15) is 5.82 Å². The van der Waals surface area contributed by atoms with Crippen molar-refractivity contribution in [1.82, 2.24) is 14.5 Å². The first-order chi connectivity index (χ1) is 11.1. The smallest absolute Gasteiger partial charge is 0.253 e. The molecule has 23 heavy (non-hydrogen) atoms. The minimum absolute atomic E-state index is 0.148. The van der Waals surface area contributed by atoms with Crippen molar-refractivity contribution in [3.05, 3.63) is 84.2 Å². The fraction of sp³-hybridized carbons (Fsp3) is 0.111. The monoisotopic (exact) mass is 309 g/mol. The summed E-state index contributed by atoms with van der Waals surface area (Å²) in [7, 11) is 1.67. The molecule has 1 amide bonds. The Morgan fingerprint density at radius 3 is 2.57 bits per heavy atom. The van der Waals surface area contributed by atoms with Crippen molar-refractivity contribution in [2.24, 2.45) is 0 Å². The van der Waals surface area contributed by atoms with E-state index in [1.54, 1.807) is 49.9 Å². The highest BCUT2D eigenvalue weighted by atomic mass is 19.1. The number of hydrogen-bond acceptors (Lipinski definition) is 2. The molecule has 0 atom stereocenters. The standard InChI is InChI=1S/C18H16FN3O/c1-21(12-15-4-2-3-5-17(15)19)18(23)14-6-8-16(9-7-14)22-11-10-20-13-22/h2-11,13H,12H2,1H3. The second kappa shape index (κ2) is 6.44. The van der Waals surface area contributed by atoms with Gasteiger partial charge in [-0.2, -0.15) is 0 Å². The predicted molar refractivity (Wildman–Crippen MR) is 85.8 cm³/mol. The van der Waals surface area contributed by atoms with Gasteiger partial charge in [-0.15, -0.1) is 0 Å². The van der Waals surface area contributed by atoms with Crippen molar-refractivity contribution in [3.8, 4) is 5.69 Å². The number of amides is 1. The summed E-state index contributed by atoms with van der Waals surface area (Å²) >= 11 is 0. The summed E-state index contributed by atoms with van der Waals surface area (Å²) in [5.74, 6) is -0.451. The van der Waals surface area contributed by atoms with E-state index in [-0.39, 0.29) is 18.3 Å². The van der Waals surface area contributed by atoms with Crippen LogP contribution in [0.5, 0.6) is 0 Å². The molecule has 0 aliphatic heterocycles. The minimum Gasteiger partial charge on any atom is -0.337 e. The van der Waals surface area contributed by atoms with E-state index in [9.17, 15) is 9.18 Å². The van der Waals surface area contributed by atoms with Crippen LogP contribution in [0.15, 0.2) is 67.3 Å². The van der Waals surface area contributed by atoms with Crippen LogP contribution < -0.4 is 0 Å². The lowest BCUT2D eigenvalue weighted by Gasteiger charge is -2.18. The molecule has 0 N–H and O–H groups in total. The fourth-order valence-corrected chi connectivity index (χ4v) is 2.36. The third kappa shape index (κ3) is 3.29. The maximum Gasteiger partial charge on any atom is 0.253 e. The largest absolute Gasteiger partial charge is 0.337 e. The molecule has 0 unspecified atom stereocenters. The van der Waals surface area contributed by atoms with Crippen molar-refractivity contribution in [2.75, 3.05) is 7.05 Å². The van der Waals surface area contributed by atoms with Crippen LogP contribution >= 0.6 is 0 Å². The van der Waals surface area contributed by atoms with Gasteiger partial charge in [0.15, 0.2) is 0 Å². The average Bonchev–Trinajstić information content (AvgIpc) is 3.11. The number of nitrogens with zero attached hydrogens (tertiary/aromatic N) is 3. The van der Waals surface area contributed by atoms with Gasteiger partial charge in [-0.25, -0.2) is 9.37 Å². The molecule has 0 aliphatic rings. The second-order valence-electron chi connectivity index (χ2n) is 5.27. The highest BCUT2D eigenvalue weighted by Crippen LogP contribution is 2.14. The maximum absolute atomic E-state index is 13.7. The average molecular weight is 309 g/mol. The molecule has 0 fully saturated rings. The molecule has 0 saturated carbocycles. The second-order valence-corrected chi connectivity index (χ2v) is 5.27. The lowest BCUT2D eigenvalue weighted by molar-refractivity contribution is 0.0784. The van der Waals surface area contributed by atoms with Crippen molar-refractivity contribution >= 4 is 5.91 Å². The predicted octanol–water partition coefficient (Wildman–Crippen LogP) is 3.28. The molecule has 3 rings (SSSR count). The summed E-state index contributed by atoms with van der Waals surface area (Å²) in [6.07, 6.45) is 5.23. The normalized spacial score (nSPS) is 10.5. The van der Waals surface area contributed by atoms with E-state index in [2.05, 4.69) is 4.98 Å². The number of hydrogen-bond donors (Lipinski definition) is 0. The molecule has 116 valence electrons. The molecule has 0 saturated heterocycles. The Bertz CT molecular complexity index is 797.